The zero-order chi connectivity index (χ0) is 23.7. The van der Waals surface area contributed by atoms with Crippen molar-refractivity contribution in [1.82, 2.24) is 4.98 Å². The molecule has 0 fully saturated rings. The van der Waals surface area contributed by atoms with E-state index in [4.69, 9.17) is 16.3 Å². The third-order valence-corrected chi connectivity index (χ3v) is 6.45. The smallest absolute Gasteiger partial charge is 0.352 e. The summed E-state index contributed by atoms with van der Waals surface area (Å²) in [6.45, 7) is 2.50. The molecule has 2 N–H and O–H groups in total. The van der Waals surface area contributed by atoms with Gasteiger partial charge in [-0.05, 0) is 60.0 Å². The second-order valence-corrected chi connectivity index (χ2v) is 8.84. The second kappa shape index (κ2) is 9.24. The molecule has 4 nitrogen and oxygen atoms in total. The highest BCUT2D eigenvalue weighted by molar-refractivity contribution is 6.30. The van der Waals surface area contributed by atoms with Crippen molar-refractivity contribution in [2.24, 2.45) is 0 Å². The van der Waals surface area contributed by atoms with Crippen LogP contribution in [0.4, 0.5) is 0 Å². The van der Waals surface area contributed by atoms with Crippen LogP contribution >= 0.6 is 11.6 Å². The lowest BCUT2D eigenvalue weighted by Crippen LogP contribution is -2.04. The Balaban J connectivity index is 1.42. The minimum atomic E-state index is -0.958. The van der Waals surface area contributed by atoms with Crippen LogP contribution in [0.3, 0.4) is 0 Å². The molecule has 1 heterocycles. The summed E-state index contributed by atoms with van der Waals surface area (Å²) in [7, 11) is 0. The van der Waals surface area contributed by atoms with Gasteiger partial charge in [-0.2, -0.15) is 0 Å². The number of aromatic carboxylic acids is 1. The van der Waals surface area contributed by atoms with Gasteiger partial charge in [-0.3, -0.25) is 0 Å². The molecule has 5 aromatic rings. The first-order chi connectivity index (χ1) is 16.5. The van der Waals surface area contributed by atoms with Gasteiger partial charge in [0.2, 0.25) is 0 Å². The van der Waals surface area contributed by atoms with E-state index in [0.717, 1.165) is 49.7 Å². The number of aryl methyl sites for hydroxylation is 2. The van der Waals surface area contributed by atoms with Gasteiger partial charge in [0.25, 0.3) is 0 Å². The van der Waals surface area contributed by atoms with E-state index in [2.05, 4.69) is 17.1 Å². The SMILES string of the molecule is Cc1cc(Cl)ccc1-c1cccc2c(CCCOc3cccc4ccccc34)c(C(=O)O)[nH]c12. The van der Waals surface area contributed by atoms with Crippen LogP contribution in [0.5, 0.6) is 5.75 Å². The average molecular weight is 470 g/mol. The molecule has 0 aliphatic heterocycles. The number of nitrogens with one attached hydrogen (secondary N) is 1. The third kappa shape index (κ3) is 4.13. The van der Waals surface area contributed by atoms with Gasteiger partial charge >= 0.3 is 5.97 Å². The lowest BCUT2D eigenvalue weighted by molar-refractivity contribution is 0.0690. The number of hydrogen-bond donors (Lipinski definition) is 2. The number of fused-ring (bicyclic) bond motifs is 2. The van der Waals surface area contributed by atoms with Crippen LogP contribution in [0.25, 0.3) is 32.8 Å². The Bertz CT molecular complexity index is 1510. The van der Waals surface area contributed by atoms with Crippen LogP contribution in [0.2, 0.25) is 5.02 Å². The molecule has 1 aromatic heterocycles. The monoisotopic (exact) mass is 469 g/mol. The van der Waals surface area contributed by atoms with Crippen LogP contribution in [-0.2, 0) is 6.42 Å². The van der Waals surface area contributed by atoms with E-state index in [9.17, 15) is 9.90 Å². The first-order valence-corrected chi connectivity index (χ1v) is 11.6. The van der Waals surface area contributed by atoms with E-state index in [1.54, 1.807) is 0 Å². The van der Waals surface area contributed by atoms with Crippen molar-refractivity contribution in [3.8, 4) is 16.9 Å². The Morgan fingerprint density at radius 1 is 0.941 bits per heavy atom. The minimum absolute atomic E-state index is 0.235. The normalized spacial score (nSPS) is 11.2. The summed E-state index contributed by atoms with van der Waals surface area (Å²) in [5.41, 5.74) is 4.90. The van der Waals surface area contributed by atoms with Crippen LogP contribution in [-0.4, -0.2) is 22.7 Å². The third-order valence-electron chi connectivity index (χ3n) is 6.21. The molecular formula is C29H24ClNO3. The molecule has 0 atom stereocenters. The van der Waals surface area contributed by atoms with Crippen molar-refractivity contribution in [3.05, 3.63) is 101 Å². The molecule has 4 aromatic carbocycles. The highest BCUT2D eigenvalue weighted by atomic mass is 35.5. The van der Waals surface area contributed by atoms with Gasteiger partial charge in [-0.1, -0.05) is 72.3 Å². The quantitative estimate of drug-likeness (QED) is 0.240. The summed E-state index contributed by atoms with van der Waals surface area (Å²) in [6.07, 6.45) is 1.29. The molecule has 0 aliphatic rings. The number of halogens is 1. The number of H-pyrrole nitrogens is 1. The lowest BCUT2D eigenvalue weighted by Gasteiger charge is -2.10. The van der Waals surface area contributed by atoms with E-state index in [0.29, 0.717) is 24.5 Å². The first-order valence-electron chi connectivity index (χ1n) is 11.3. The summed E-state index contributed by atoms with van der Waals surface area (Å²) in [4.78, 5) is 15.3. The predicted octanol–water partition coefficient (Wildman–Crippen LogP) is 7.66. The Labute approximate surface area is 202 Å². The highest BCUT2D eigenvalue weighted by Crippen LogP contribution is 2.35. The molecule has 0 saturated heterocycles. The van der Waals surface area contributed by atoms with Crippen LogP contribution in [0, 0.1) is 6.92 Å². The van der Waals surface area contributed by atoms with E-state index in [1.165, 1.54) is 0 Å². The maximum absolute atomic E-state index is 12.1. The standard InChI is InChI=1S/C29H24ClNO3/c1-18-17-20(30)14-15-21(18)23-10-5-11-24-25(28(29(32)33)31-27(23)24)12-6-16-34-26-13-4-8-19-7-2-3-9-22(19)26/h2-5,7-11,13-15,17,31H,6,12,16H2,1H3,(H,32,33). The number of hydrogen-bond acceptors (Lipinski definition) is 2. The first kappa shape index (κ1) is 22.1. The van der Waals surface area contributed by atoms with Gasteiger partial charge < -0.3 is 14.8 Å². The molecule has 0 radical (unpaired) electrons. The zero-order valence-electron chi connectivity index (χ0n) is 18.8. The molecule has 0 aliphatic carbocycles. The molecule has 5 heteroatoms. The summed E-state index contributed by atoms with van der Waals surface area (Å²) in [5.74, 6) is -0.115. The van der Waals surface area contributed by atoms with Crippen molar-refractivity contribution in [2.45, 2.75) is 19.8 Å². The van der Waals surface area contributed by atoms with E-state index >= 15 is 0 Å². The molecular weight excluding hydrogens is 446 g/mol. The molecule has 34 heavy (non-hydrogen) atoms. The maximum Gasteiger partial charge on any atom is 0.352 e. The average Bonchev–Trinajstić information content (AvgIpc) is 3.21. The number of para-hydroxylation sites is 1. The number of aromatic amines is 1. The molecule has 170 valence electrons. The van der Waals surface area contributed by atoms with Crippen molar-refractivity contribution >= 4 is 39.2 Å². The molecule has 0 unspecified atom stereocenters. The molecule has 0 spiro atoms. The van der Waals surface area contributed by atoms with Crippen LogP contribution in [0.1, 0.15) is 28.0 Å². The van der Waals surface area contributed by atoms with Gasteiger partial charge in [0.15, 0.2) is 0 Å². The Morgan fingerprint density at radius 2 is 1.71 bits per heavy atom. The topological polar surface area (TPSA) is 62.3 Å². The fourth-order valence-corrected chi connectivity index (χ4v) is 4.85. The number of rotatable bonds is 7. The summed E-state index contributed by atoms with van der Waals surface area (Å²) in [5, 5.41) is 13.7. The number of carboxylic acids is 1. The molecule has 0 amide bonds. The van der Waals surface area contributed by atoms with Gasteiger partial charge in [0, 0.05) is 21.4 Å². The minimum Gasteiger partial charge on any atom is -0.493 e. The van der Waals surface area contributed by atoms with Gasteiger partial charge in [-0.25, -0.2) is 4.79 Å². The van der Waals surface area contributed by atoms with Crippen LogP contribution in [0.15, 0.2) is 78.9 Å². The van der Waals surface area contributed by atoms with E-state index in [1.807, 2.05) is 73.7 Å². The Kier molecular flexibility index (Phi) is 5.99. The number of benzene rings is 4. The summed E-state index contributed by atoms with van der Waals surface area (Å²) < 4.78 is 6.08. The van der Waals surface area contributed by atoms with Gasteiger partial charge in [0.05, 0.1) is 12.1 Å². The molecule has 0 saturated carbocycles. The Morgan fingerprint density at radius 3 is 2.53 bits per heavy atom. The molecule has 0 bridgehead atoms. The predicted molar refractivity (Wildman–Crippen MR) is 138 cm³/mol. The summed E-state index contributed by atoms with van der Waals surface area (Å²) in [6, 6.07) is 25.9. The largest absolute Gasteiger partial charge is 0.493 e. The Hall–Kier alpha value is -3.76. The lowest BCUT2D eigenvalue weighted by atomic mass is 9.97. The number of carbonyl (C=O) groups is 1. The van der Waals surface area contributed by atoms with E-state index < -0.39 is 5.97 Å². The van der Waals surface area contributed by atoms with Crippen LogP contribution < -0.4 is 4.74 Å². The highest BCUT2D eigenvalue weighted by Gasteiger charge is 2.19. The number of carboxylic acid groups (broad SMARTS) is 1. The number of aromatic nitrogens is 1. The van der Waals surface area contributed by atoms with Gasteiger partial charge in [-0.15, -0.1) is 0 Å². The fraction of sp³-hybridized carbons (Fsp3) is 0.138. The second-order valence-electron chi connectivity index (χ2n) is 8.40. The van der Waals surface area contributed by atoms with Crippen molar-refractivity contribution in [2.75, 3.05) is 6.61 Å². The van der Waals surface area contributed by atoms with Crippen molar-refractivity contribution in [3.63, 3.8) is 0 Å². The van der Waals surface area contributed by atoms with Crippen molar-refractivity contribution in [1.29, 1.82) is 0 Å². The summed E-state index contributed by atoms with van der Waals surface area (Å²) >= 11 is 6.14. The zero-order valence-corrected chi connectivity index (χ0v) is 19.5. The van der Waals surface area contributed by atoms with Crippen molar-refractivity contribution < 1.29 is 14.6 Å². The number of ether oxygens (including phenoxy) is 1. The maximum atomic E-state index is 12.1. The van der Waals surface area contributed by atoms with Gasteiger partial charge in [0.1, 0.15) is 11.4 Å². The van der Waals surface area contributed by atoms with E-state index in [-0.39, 0.29) is 5.69 Å². The fourth-order valence-electron chi connectivity index (χ4n) is 4.62. The molecule has 5 rings (SSSR count).